The maximum absolute atomic E-state index is 12.9. The van der Waals surface area contributed by atoms with Crippen LogP contribution in [0.15, 0.2) is 58.6 Å². The van der Waals surface area contributed by atoms with E-state index < -0.39 is 67.4 Å². The largest absolute Gasteiger partial charge is 0.481 e. The number of carboxylic acid groups (broad SMARTS) is 1. The summed E-state index contributed by atoms with van der Waals surface area (Å²) in [6.07, 6.45) is -1.89. The summed E-state index contributed by atoms with van der Waals surface area (Å²) in [5.41, 5.74) is 0.766. The molecule has 3 rings (SSSR count). The summed E-state index contributed by atoms with van der Waals surface area (Å²) in [5.74, 6) is -4.36. The molecule has 0 saturated heterocycles. The van der Waals surface area contributed by atoms with Gasteiger partial charge >= 0.3 is 12.1 Å². The lowest BCUT2D eigenvalue weighted by Gasteiger charge is -2.17. The fourth-order valence-electron chi connectivity index (χ4n) is 3.51. The van der Waals surface area contributed by atoms with E-state index in [4.69, 9.17) is 27.9 Å². The molecule has 2 unspecified atom stereocenters. The van der Waals surface area contributed by atoms with E-state index in [9.17, 15) is 29.1 Å². The molecule has 3 N–H and O–H groups in total. The van der Waals surface area contributed by atoms with Crippen molar-refractivity contribution in [3.05, 3.63) is 64.1 Å². The number of ketones is 2. The zero-order valence-electron chi connectivity index (χ0n) is 22.2. The normalized spacial score (nSPS) is 12.2. The number of nitrogens with zero attached hydrogens (tertiary/aromatic N) is 4. The van der Waals surface area contributed by atoms with Crippen molar-refractivity contribution in [2.75, 3.05) is 6.54 Å². The number of aromatic nitrogens is 4. The summed E-state index contributed by atoms with van der Waals surface area (Å²) in [4.78, 5) is 62.6. The lowest BCUT2D eigenvalue weighted by Crippen LogP contribution is -2.45. The van der Waals surface area contributed by atoms with Crippen molar-refractivity contribution in [2.24, 2.45) is 5.92 Å². The van der Waals surface area contributed by atoms with Gasteiger partial charge in [0.15, 0.2) is 11.6 Å². The highest BCUT2D eigenvalue weighted by Crippen LogP contribution is 2.36. The number of hydrogen-bond donors (Lipinski definition) is 3. The van der Waals surface area contributed by atoms with Crippen molar-refractivity contribution in [1.29, 1.82) is 0 Å². The average molecular weight is 638 g/mol. The Balaban J connectivity index is 1.49. The molecule has 0 aliphatic carbocycles. The molecular formula is C26H26Cl2N6O7S. The minimum atomic E-state index is -1.28. The van der Waals surface area contributed by atoms with Crippen molar-refractivity contribution >= 4 is 64.5 Å². The van der Waals surface area contributed by atoms with Crippen LogP contribution in [-0.4, -0.2) is 67.4 Å². The molecule has 0 saturated carbocycles. The first kappa shape index (κ1) is 32.5. The van der Waals surface area contributed by atoms with Crippen LogP contribution in [0.5, 0.6) is 0 Å². The van der Waals surface area contributed by atoms with Crippen LogP contribution in [0.1, 0.15) is 25.3 Å². The quantitative estimate of drug-likeness (QED) is 0.223. The number of carbonyl (C=O) groups is 5. The van der Waals surface area contributed by atoms with Crippen molar-refractivity contribution in [2.45, 2.75) is 49.0 Å². The standard InChI is InChI=1S/C26H26Cl2N6O7S/c1-15(30-22(37)12-29-26(40)41-14-16-6-3-2-4-7-16)20(35)10-17(11-23(38)39)21(36)13-34-32-25(31-33-34)42-24-18(27)8-5-9-19(24)28/h2-9,15,17H,10-14H2,1H3,(H,29,40)(H,30,37)(H,38,39). The number of alkyl carbamates (subject to hydrolysis) is 1. The molecule has 16 heteroatoms. The van der Waals surface area contributed by atoms with Crippen LogP contribution in [0, 0.1) is 5.92 Å². The molecule has 2 atom stereocenters. The van der Waals surface area contributed by atoms with Gasteiger partial charge in [-0.15, -0.1) is 10.2 Å². The van der Waals surface area contributed by atoms with Gasteiger partial charge in [-0.1, -0.05) is 59.6 Å². The third-order valence-corrected chi connectivity index (χ3v) is 7.48. The van der Waals surface area contributed by atoms with E-state index >= 15 is 0 Å². The van der Waals surface area contributed by atoms with Crippen molar-refractivity contribution < 1.29 is 33.8 Å². The van der Waals surface area contributed by atoms with E-state index in [1.165, 1.54) is 6.92 Å². The van der Waals surface area contributed by atoms with Gasteiger partial charge in [0.05, 0.1) is 27.4 Å². The molecule has 13 nitrogen and oxygen atoms in total. The summed E-state index contributed by atoms with van der Waals surface area (Å²) >= 11 is 13.3. The second-order valence-electron chi connectivity index (χ2n) is 8.89. The molecule has 0 spiro atoms. The van der Waals surface area contributed by atoms with Crippen molar-refractivity contribution in [3.8, 4) is 0 Å². The molecule has 2 aromatic carbocycles. The maximum atomic E-state index is 12.9. The maximum Gasteiger partial charge on any atom is 0.407 e. The molecule has 3 aromatic rings. The topological polar surface area (TPSA) is 182 Å². The summed E-state index contributed by atoms with van der Waals surface area (Å²) in [6.45, 7) is 0.506. The number of amides is 2. The SMILES string of the molecule is CC(NC(=O)CNC(=O)OCc1ccccc1)C(=O)CC(CC(=O)O)C(=O)Cn1nnc(Sc2c(Cl)cccc2Cl)n1. The van der Waals surface area contributed by atoms with Crippen LogP contribution in [-0.2, 0) is 37.1 Å². The number of halogens is 2. The number of Topliss-reactive ketones (excluding diaryl/α,β-unsaturated/α-hetero) is 2. The third-order valence-electron chi connectivity index (χ3n) is 5.63. The van der Waals surface area contributed by atoms with Crippen molar-refractivity contribution in [3.63, 3.8) is 0 Å². The van der Waals surface area contributed by atoms with Crippen LogP contribution in [0.25, 0.3) is 0 Å². The monoisotopic (exact) mass is 636 g/mol. The van der Waals surface area contributed by atoms with E-state index in [1.54, 1.807) is 42.5 Å². The Morgan fingerprint density at radius 1 is 1.00 bits per heavy atom. The minimum absolute atomic E-state index is 0.0160. The van der Waals surface area contributed by atoms with Crippen molar-refractivity contribution in [1.82, 2.24) is 30.8 Å². The molecule has 42 heavy (non-hydrogen) atoms. The number of nitrogens with one attached hydrogen (secondary N) is 2. The minimum Gasteiger partial charge on any atom is -0.481 e. The third kappa shape index (κ3) is 10.4. The lowest BCUT2D eigenvalue weighted by molar-refractivity contribution is -0.141. The molecule has 2 amide bonds. The van der Waals surface area contributed by atoms with Gasteiger partial charge in [0.1, 0.15) is 19.7 Å². The molecule has 222 valence electrons. The number of hydrogen-bond acceptors (Lipinski definition) is 10. The number of carbonyl (C=O) groups excluding carboxylic acids is 4. The summed E-state index contributed by atoms with van der Waals surface area (Å²) < 4.78 is 5.02. The molecule has 0 bridgehead atoms. The van der Waals surface area contributed by atoms with Gasteiger partial charge in [-0.2, -0.15) is 4.80 Å². The molecule has 0 aliphatic heterocycles. The zero-order chi connectivity index (χ0) is 30.6. The van der Waals surface area contributed by atoms with E-state index in [2.05, 4.69) is 26.0 Å². The smallest absolute Gasteiger partial charge is 0.407 e. The number of tetrazole rings is 1. The number of aliphatic carboxylic acids is 1. The van der Waals surface area contributed by atoms with Gasteiger partial charge in [0.2, 0.25) is 11.1 Å². The molecule has 0 fully saturated rings. The Hall–Kier alpha value is -4.01. The van der Waals surface area contributed by atoms with Crippen LogP contribution in [0.2, 0.25) is 10.0 Å². The van der Waals surface area contributed by atoms with Gasteiger partial charge in [-0.3, -0.25) is 19.2 Å². The number of benzene rings is 2. The van der Waals surface area contributed by atoms with Gasteiger partial charge in [0, 0.05) is 12.3 Å². The van der Waals surface area contributed by atoms with E-state index in [0.717, 1.165) is 22.1 Å². The predicted molar refractivity (Wildman–Crippen MR) is 151 cm³/mol. The highest BCUT2D eigenvalue weighted by atomic mass is 35.5. The first-order chi connectivity index (χ1) is 20.0. The zero-order valence-corrected chi connectivity index (χ0v) is 24.5. The van der Waals surface area contributed by atoms with Gasteiger partial charge in [0.25, 0.3) is 0 Å². The first-order valence-corrected chi connectivity index (χ1v) is 14.0. The Morgan fingerprint density at radius 3 is 2.36 bits per heavy atom. The van der Waals surface area contributed by atoms with Gasteiger partial charge in [-0.25, -0.2) is 4.79 Å². The highest BCUT2D eigenvalue weighted by Gasteiger charge is 2.28. The summed E-state index contributed by atoms with van der Waals surface area (Å²) in [5, 5.41) is 26.6. The van der Waals surface area contributed by atoms with Crippen LogP contribution >= 0.6 is 35.0 Å². The average Bonchev–Trinajstić information content (AvgIpc) is 3.39. The number of ether oxygens (including phenoxy) is 1. The van der Waals surface area contributed by atoms with E-state index in [1.807, 2.05) is 6.07 Å². The molecule has 1 heterocycles. The molecule has 0 radical (unpaired) electrons. The first-order valence-electron chi connectivity index (χ1n) is 12.4. The van der Waals surface area contributed by atoms with E-state index in [0.29, 0.717) is 14.9 Å². The Kier molecular flexibility index (Phi) is 12.3. The van der Waals surface area contributed by atoms with E-state index in [-0.39, 0.29) is 11.8 Å². The Morgan fingerprint density at radius 2 is 1.69 bits per heavy atom. The Bertz CT molecular complexity index is 1420. The summed E-state index contributed by atoms with van der Waals surface area (Å²) in [7, 11) is 0. The lowest BCUT2D eigenvalue weighted by atomic mass is 9.92. The Labute approximate surface area is 254 Å². The fraction of sp³-hybridized carbons (Fsp3) is 0.308. The second-order valence-corrected chi connectivity index (χ2v) is 10.7. The fourth-order valence-corrected chi connectivity index (χ4v) is 4.86. The predicted octanol–water partition coefficient (Wildman–Crippen LogP) is 3.18. The number of rotatable bonds is 15. The van der Waals surface area contributed by atoms with Crippen LogP contribution in [0.4, 0.5) is 4.79 Å². The molecular weight excluding hydrogens is 611 g/mol. The van der Waals surface area contributed by atoms with Gasteiger partial charge in [-0.05, 0) is 41.6 Å². The van der Waals surface area contributed by atoms with Crippen LogP contribution in [0.3, 0.4) is 0 Å². The second kappa shape index (κ2) is 15.8. The van der Waals surface area contributed by atoms with Crippen LogP contribution < -0.4 is 10.6 Å². The molecule has 1 aromatic heterocycles. The molecule has 0 aliphatic rings. The number of carboxylic acids is 1. The highest BCUT2D eigenvalue weighted by molar-refractivity contribution is 7.99. The van der Waals surface area contributed by atoms with Gasteiger partial charge < -0.3 is 20.5 Å². The summed E-state index contributed by atoms with van der Waals surface area (Å²) in [6, 6.07) is 12.8.